The molecule has 21 heavy (non-hydrogen) atoms. The normalized spacial score (nSPS) is 14.2. The Morgan fingerprint density at radius 1 is 1.00 bits per heavy atom. The van der Waals surface area contributed by atoms with Crippen molar-refractivity contribution in [1.29, 1.82) is 0 Å². The second-order valence-corrected chi connectivity index (χ2v) is 5.24. The topological polar surface area (TPSA) is 46.5 Å². The molecule has 0 spiro atoms. The predicted molar refractivity (Wildman–Crippen MR) is 83.5 cm³/mol. The van der Waals surface area contributed by atoms with E-state index in [0.717, 1.165) is 21.5 Å². The Morgan fingerprint density at radius 2 is 1.48 bits per heavy atom. The van der Waals surface area contributed by atoms with Crippen LogP contribution in [0.25, 0.3) is 21.5 Å². The van der Waals surface area contributed by atoms with Crippen LogP contribution in [0.2, 0.25) is 0 Å². The zero-order valence-electron chi connectivity index (χ0n) is 12.0. The molecule has 3 rings (SSSR count). The summed E-state index contributed by atoms with van der Waals surface area (Å²) in [5.74, 6) is -0.994. The highest BCUT2D eigenvalue weighted by Gasteiger charge is 2.38. The molecule has 0 aliphatic carbocycles. The van der Waals surface area contributed by atoms with E-state index in [1.54, 1.807) is 6.92 Å². The van der Waals surface area contributed by atoms with Gasteiger partial charge in [-0.3, -0.25) is 0 Å². The quantitative estimate of drug-likeness (QED) is 0.739. The van der Waals surface area contributed by atoms with Crippen molar-refractivity contribution < 1.29 is 14.6 Å². The Balaban J connectivity index is 2.54. The molecule has 0 aliphatic heterocycles. The molecule has 1 atom stereocenters. The van der Waals surface area contributed by atoms with E-state index in [9.17, 15) is 9.90 Å². The van der Waals surface area contributed by atoms with E-state index in [1.807, 2.05) is 48.5 Å². The van der Waals surface area contributed by atoms with Gasteiger partial charge in [-0.05, 0) is 34.5 Å². The molecule has 0 amide bonds. The monoisotopic (exact) mass is 280 g/mol. The van der Waals surface area contributed by atoms with Crippen molar-refractivity contribution in [2.75, 3.05) is 7.11 Å². The third kappa shape index (κ3) is 1.98. The van der Waals surface area contributed by atoms with Crippen molar-refractivity contribution in [1.82, 2.24) is 0 Å². The van der Waals surface area contributed by atoms with E-state index in [-0.39, 0.29) is 0 Å². The maximum Gasteiger partial charge on any atom is 0.340 e. The first-order valence-corrected chi connectivity index (χ1v) is 6.77. The number of benzene rings is 3. The van der Waals surface area contributed by atoms with Crippen LogP contribution in [0, 0.1) is 0 Å². The summed E-state index contributed by atoms with van der Waals surface area (Å²) in [7, 11) is 1.44. The molecule has 3 aromatic rings. The number of carboxylic acid groups (broad SMARTS) is 1. The standard InChI is InChI=1S/C18H16O3/c1-18(21-2,17(19)20)16-14-9-5-3-7-12(14)11-13-8-4-6-10-15(13)16/h3-11H,1-2H3,(H,19,20)/t18-/m1/s1. The summed E-state index contributed by atoms with van der Waals surface area (Å²) in [5, 5.41) is 13.5. The highest BCUT2D eigenvalue weighted by molar-refractivity contribution is 6.05. The van der Waals surface area contributed by atoms with Gasteiger partial charge in [-0.15, -0.1) is 0 Å². The number of carboxylic acids is 1. The molecule has 106 valence electrons. The Hall–Kier alpha value is -2.39. The van der Waals surface area contributed by atoms with Gasteiger partial charge >= 0.3 is 5.97 Å². The van der Waals surface area contributed by atoms with E-state index < -0.39 is 11.6 Å². The van der Waals surface area contributed by atoms with Crippen LogP contribution in [-0.4, -0.2) is 18.2 Å². The fraction of sp³-hybridized carbons (Fsp3) is 0.167. The largest absolute Gasteiger partial charge is 0.479 e. The number of fused-ring (bicyclic) bond motifs is 2. The lowest BCUT2D eigenvalue weighted by atomic mass is 9.86. The molecule has 0 unspecified atom stereocenters. The van der Waals surface area contributed by atoms with E-state index in [2.05, 4.69) is 6.07 Å². The Labute approximate surface area is 122 Å². The number of ether oxygens (including phenoxy) is 1. The maximum absolute atomic E-state index is 11.8. The van der Waals surface area contributed by atoms with Crippen LogP contribution >= 0.6 is 0 Å². The van der Waals surface area contributed by atoms with Crippen molar-refractivity contribution >= 4 is 27.5 Å². The lowest BCUT2D eigenvalue weighted by molar-refractivity contribution is -0.161. The van der Waals surface area contributed by atoms with Crippen LogP contribution in [0.5, 0.6) is 0 Å². The Morgan fingerprint density at radius 3 is 1.90 bits per heavy atom. The van der Waals surface area contributed by atoms with Gasteiger partial charge in [0.2, 0.25) is 0 Å². The van der Waals surface area contributed by atoms with Gasteiger partial charge in [-0.25, -0.2) is 4.79 Å². The maximum atomic E-state index is 11.8. The fourth-order valence-corrected chi connectivity index (χ4v) is 2.82. The van der Waals surface area contributed by atoms with Gasteiger partial charge in [0.25, 0.3) is 0 Å². The Bertz CT molecular complexity index is 784. The van der Waals surface area contributed by atoms with Crippen molar-refractivity contribution in [3.63, 3.8) is 0 Å². The van der Waals surface area contributed by atoms with Crippen LogP contribution in [0.1, 0.15) is 12.5 Å². The van der Waals surface area contributed by atoms with Crippen LogP contribution < -0.4 is 0 Å². The molecule has 0 heterocycles. The van der Waals surface area contributed by atoms with Gasteiger partial charge in [0.15, 0.2) is 5.60 Å². The van der Waals surface area contributed by atoms with Crippen molar-refractivity contribution in [2.24, 2.45) is 0 Å². The van der Waals surface area contributed by atoms with Crippen molar-refractivity contribution in [3.05, 3.63) is 60.2 Å². The molecule has 1 N–H and O–H groups in total. The lowest BCUT2D eigenvalue weighted by Gasteiger charge is -2.27. The minimum atomic E-state index is -1.39. The number of hydrogen-bond acceptors (Lipinski definition) is 2. The number of aliphatic carboxylic acids is 1. The van der Waals surface area contributed by atoms with Gasteiger partial charge in [0.1, 0.15) is 0 Å². The molecule has 3 heteroatoms. The molecule has 0 saturated heterocycles. The molecule has 0 saturated carbocycles. The Kier molecular flexibility index (Phi) is 3.15. The van der Waals surface area contributed by atoms with Crippen molar-refractivity contribution in [2.45, 2.75) is 12.5 Å². The molecule has 3 nitrogen and oxygen atoms in total. The summed E-state index contributed by atoms with van der Waals surface area (Å²) in [6.07, 6.45) is 0. The zero-order valence-corrected chi connectivity index (χ0v) is 12.0. The summed E-state index contributed by atoms with van der Waals surface area (Å²) in [4.78, 5) is 11.8. The number of carbonyl (C=O) groups is 1. The highest BCUT2D eigenvalue weighted by atomic mass is 16.5. The zero-order chi connectivity index (χ0) is 15.0. The average molecular weight is 280 g/mol. The SMILES string of the molecule is CO[C@@](C)(C(=O)O)c1c2ccccc2cc2ccccc12. The first kappa shape index (κ1) is 13.6. The minimum Gasteiger partial charge on any atom is -0.479 e. The van der Waals surface area contributed by atoms with E-state index in [4.69, 9.17) is 4.74 Å². The second kappa shape index (κ2) is 4.86. The number of rotatable bonds is 3. The van der Waals surface area contributed by atoms with Crippen LogP contribution in [0.15, 0.2) is 54.6 Å². The molecular weight excluding hydrogens is 264 g/mol. The summed E-state index contributed by atoms with van der Waals surface area (Å²) in [6.45, 7) is 1.60. The molecule has 0 radical (unpaired) electrons. The highest BCUT2D eigenvalue weighted by Crippen LogP contribution is 2.37. The van der Waals surface area contributed by atoms with Gasteiger partial charge in [0.05, 0.1) is 0 Å². The van der Waals surface area contributed by atoms with Crippen molar-refractivity contribution in [3.8, 4) is 0 Å². The van der Waals surface area contributed by atoms with E-state index in [0.29, 0.717) is 5.56 Å². The second-order valence-electron chi connectivity index (χ2n) is 5.24. The van der Waals surface area contributed by atoms with Gasteiger partial charge in [0, 0.05) is 12.7 Å². The third-order valence-electron chi connectivity index (χ3n) is 4.06. The van der Waals surface area contributed by atoms with E-state index in [1.165, 1.54) is 7.11 Å². The number of hydrogen-bond donors (Lipinski definition) is 1. The summed E-state index contributed by atoms with van der Waals surface area (Å²) in [6, 6.07) is 17.7. The summed E-state index contributed by atoms with van der Waals surface area (Å²) in [5.41, 5.74) is -0.688. The van der Waals surface area contributed by atoms with E-state index >= 15 is 0 Å². The summed E-state index contributed by atoms with van der Waals surface area (Å²) >= 11 is 0. The molecule has 3 aromatic carbocycles. The summed E-state index contributed by atoms with van der Waals surface area (Å²) < 4.78 is 5.40. The molecule has 0 fully saturated rings. The van der Waals surface area contributed by atoms with Gasteiger partial charge in [-0.2, -0.15) is 0 Å². The molecule has 0 bridgehead atoms. The fourth-order valence-electron chi connectivity index (χ4n) is 2.82. The first-order valence-electron chi connectivity index (χ1n) is 6.77. The third-order valence-corrected chi connectivity index (χ3v) is 4.06. The van der Waals surface area contributed by atoms with Crippen LogP contribution in [0.3, 0.4) is 0 Å². The smallest absolute Gasteiger partial charge is 0.340 e. The predicted octanol–water partition coefficient (Wildman–Crippen LogP) is 3.94. The molecular formula is C18H16O3. The minimum absolute atomic E-state index is 0.700. The molecule has 0 aromatic heterocycles. The first-order chi connectivity index (χ1) is 10.1. The lowest BCUT2D eigenvalue weighted by Crippen LogP contribution is -2.34. The molecule has 0 aliphatic rings. The van der Waals surface area contributed by atoms with Gasteiger partial charge < -0.3 is 9.84 Å². The van der Waals surface area contributed by atoms with Crippen LogP contribution in [-0.2, 0) is 15.1 Å². The number of methoxy groups -OCH3 is 1. The average Bonchev–Trinajstić information content (AvgIpc) is 2.51. The van der Waals surface area contributed by atoms with Crippen LogP contribution in [0.4, 0.5) is 0 Å². The van der Waals surface area contributed by atoms with Gasteiger partial charge in [-0.1, -0.05) is 48.5 Å².